The highest BCUT2D eigenvalue weighted by molar-refractivity contribution is 6.06. The topological polar surface area (TPSA) is 104 Å². The Morgan fingerprint density at radius 3 is 2.44 bits per heavy atom. The number of rotatable bonds is 4. The van der Waals surface area contributed by atoms with E-state index in [0.29, 0.717) is 11.6 Å². The van der Waals surface area contributed by atoms with Gasteiger partial charge in [-0.15, -0.1) is 0 Å². The van der Waals surface area contributed by atoms with Gasteiger partial charge in [0.2, 0.25) is 5.95 Å². The van der Waals surface area contributed by atoms with Crippen LogP contribution in [-0.2, 0) is 0 Å². The number of aromatic nitrogens is 2. The first-order chi connectivity index (χ1) is 12.0. The molecule has 25 heavy (non-hydrogen) atoms. The van der Waals surface area contributed by atoms with Gasteiger partial charge in [-0.1, -0.05) is 12.1 Å². The fraction of sp³-hybridized carbons (Fsp3) is 0.312. The first-order valence-corrected chi connectivity index (χ1v) is 7.85. The Kier molecular flexibility index (Phi) is 4.85. The minimum atomic E-state index is -0.581. The van der Waals surface area contributed by atoms with Crippen molar-refractivity contribution in [2.45, 2.75) is 0 Å². The maximum atomic E-state index is 12.3. The van der Waals surface area contributed by atoms with Crippen molar-refractivity contribution in [2.24, 2.45) is 0 Å². The molecule has 0 unspecified atom stereocenters. The molecule has 1 aliphatic heterocycles. The first kappa shape index (κ1) is 16.8. The second-order valence-electron chi connectivity index (χ2n) is 5.79. The number of hydrogen-bond acceptors (Lipinski definition) is 7. The molecule has 3 rings (SSSR count). The quantitative estimate of drug-likeness (QED) is 0.661. The molecule has 1 aromatic carbocycles. The monoisotopic (exact) mass is 342 g/mol. The summed E-state index contributed by atoms with van der Waals surface area (Å²) in [6.45, 7) is 3.58. The summed E-state index contributed by atoms with van der Waals surface area (Å²) in [6.07, 6.45) is 3.01. The molecule has 0 radical (unpaired) electrons. The van der Waals surface area contributed by atoms with Crippen LogP contribution in [-0.4, -0.2) is 58.9 Å². The van der Waals surface area contributed by atoms with Crippen LogP contribution < -0.4 is 10.2 Å². The molecule has 130 valence electrons. The molecule has 0 saturated carbocycles. The summed E-state index contributed by atoms with van der Waals surface area (Å²) in [5, 5.41) is 13.6. The van der Waals surface area contributed by atoms with Crippen LogP contribution >= 0.6 is 0 Å². The van der Waals surface area contributed by atoms with Gasteiger partial charge in [-0.25, -0.2) is 9.97 Å². The summed E-state index contributed by atoms with van der Waals surface area (Å²) in [7, 11) is 2.07. The Morgan fingerprint density at radius 1 is 1.16 bits per heavy atom. The Hall–Kier alpha value is -3.07. The SMILES string of the molecule is CN1CCN(c2ncc(NC(=O)c3ccccc3[N+](=O)[O-])cn2)CC1. The van der Waals surface area contributed by atoms with Crippen LogP contribution in [0.15, 0.2) is 36.7 Å². The summed E-state index contributed by atoms with van der Waals surface area (Å²) >= 11 is 0. The van der Waals surface area contributed by atoms with Gasteiger partial charge in [0.1, 0.15) is 5.56 Å². The second-order valence-corrected chi connectivity index (χ2v) is 5.79. The van der Waals surface area contributed by atoms with Gasteiger partial charge in [-0.2, -0.15) is 0 Å². The van der Waals surface area contributed by atoms with Crippen LogP contribution in [0.1, 0.15) is 10.4 Å². The zero-order chi connectivity index (χ0) is 17.8. The van der Waals surface area contributed by atoms with Crippen molar-refractivity contribution in [3.8, 4) is 0 Å². The molecular weight excluding hydrogens is 324 g/mol. The number of amides is 1. The van der Waals surface area contributed by atoms with E-state index in [-0.39, 0.29) is 11.3 Å². The summed E-state index contributed by atoms with van der Waals surface area (Å²) in [6, 6.07) is 5.80. The van der Waals surface area contributed by atoms with Crippen molar-refractivity contribution in [1.29, 1.82) is 0 Å². The number of piperazine rings is 1. The van der Waals surface area contributed by atoms with E-state index in [0.717, 1.165) is 26.2 Å². The first-order valence-electron chi connectivity index (χ1n) is 7.85. The number of hydrogen-bond donors (Lipinski definition) is 1. The smallest absolute Gasteiger partial charge is 0.282 e. The fourth-order valence-electron chi connectivity index (χ4n) is 2.58. The maximum absolute atomic E-state index is 12.3. The highest BCUT2D eigenvalue weighted by atomic mass is 16.6. The van der Waals surface area contributed by atoms with Crippen LogP contribution in [0.2, 0.25) is 0 Å². The number of nitrogens with zero attached hydrogens (tertiary/aromatic N) is 5. The van der Waals surface area contributed by atoms with Gasteiger partial charge >= 0.3 is 0 Å². The molecule has 2 heterocycles. The van der Waals surface area contributed by atoms with E-state index in [1.807, 2.05) is 0 Å². The molecule has 1 fully saturated rings. The Morgan fingerprint density at radius 2 is 1.80 bits per heavy atom. The van der Waals surface area contributed by atoms with E-state index in [4.69, 9.17) is 0 Å². The van der Waals surface area contributed by atoms with Gasteiger partial charge in [-0.05, 0) is 13.1 Å². The maximum Gasteiger partial charge on any atom is 0.282 e. The van der Waals surface area contributed by atoms with Crippen LogP contribution in [0.3, 0.4) is 0 Å². The zero-order valence-electron chi connectivity index (χ0n) is 13.8. The van der Waals surface area contributed by atoms with E-state index in [2.05, 4.69) is 32.1 Å². The molecule has 1 aliphatic rings. The van der Waals surface area contributed by atoms with Gasteiger partial charge < -0.3 is 15.1 Å². The molecule has 0 bridgehead atoms. The number of nitro benzene ring substituents is 1. The highest BCUT2D eigenvalue weighted by Gasteiger charge is 2.20. The lowest BCUT2D eigenvalue weighted by Crippen LogP contribution is -2.45. The Labute approximate surface area is 144 Å². The molecule has 0 spiro atoms. The van der Waals surface area contributed by atoms with Crippen molar-refractivity contribution >= 4 is 23.2 Å². The summed E-state index contributed by atoms with van der Waals surface area (Å²) in [5.41, 5.74) is 0.145. The third-order valence-electron chi connectivity index (χ3n) is 4.03. The predicted molar refractivity (Wildman–Crippen MR) is 92.8 cm³/mol. The average molecular weight is 342 g/mol. The number of para-hydroxylation sites is 1. The average Bonchev–Trinajstić information content (AvgIpc) is 2.63. The van der Waals surface area contributed by atoms with Gasteiger partial charge in [0.25, 0.3) is 11.6 Å². The fourth-order valence-corrected chi connectivity index (χ4v) is 2.58. The van der Waals surface area contributed by atoms with E-state index < -0.39 is 10.8 Å². The number of carbonyl (C=O) groups is 1. The molecule has 9 heteroatoms. The van der Waals surface area contributed by atoms with Gasteiger partial charge in [0.05, 0.1) is 23.0 Å². The molecule has 2 aromatic rings. The molecule has 1 aromatic heterocycles. The number of carbonyl (C=O) groups excluding carboxylic acids is 1. The largest absolute Gasteiger partial charge is 0.338 e. The number of likely N-dealkylation sites (N-methyl/N-ethyl adjacent to an activating group) is 1. The molecule has 9 nitrogen and oxygen atoms in total. The lowest BCUT2D eigenvalue weighted by Gasteiger charge is -2.32. The van der Waals surface area contributed by atoms with E-state index in [9.17, 15) is 14.9 Å². The molecule has 0 atom stereocenters. The second kappa shape index (κ2) is 7.22. The third-order valence-corrected chi connectivity index (χ3v) is 4.03. The number of nitro groups is 1. The predicted octanol–water partition coefficient (Wildman–Crippen LogP) is 1.39. The van der Waals surface area contributed by atoms with Crippen molar-refractivity contribution < 1.29 is 9.72 Å². The highest BCUT2D eigenvalue weighted by Crippen LogP contribution is 2.19. The number of anilines is 2. The molecule has 1 saturated heterocycles. The van der Waals surface area contributed by atoms with Crippen LogP contribution in [0.25, 0.3) is 0 Å². The standard InChI is InChI=1S/C16H18N6O3/c1-20-6-8-21(9-7-20)16-17-10-12(11-18-16)19-15(23)13-4-2-3-5-14(13)22(24)25/h2-5,10-11H,6-9H2,1H3,(H,19,23). The molecule has 1 N–H and O–H groups in total. The van der Waals surface area contributed by atoms with E-state index in [1.165, 1.54) is 30.6 Å². The lowest BCUT2D eigenvalue weighted by molar-refractivity contribution is -0.385. The zero-order valence-corrected chi connectivity index (χ0v) is 13.8. The lowest BCUT2D eigenvalue weighted by atomic mass is 10.1. The Balaban J connectivity index is 1.69. The minimum Gasteiger partial charge on any atom is -0.338 e. The normalized spacial score (nSPS) is 15.0. The van der Waals surface area contributed by atoms with Crippen molar-refractivity contribution in [1.82, 2.24) is 14.9 Å². The van der Waals surface area contributed by atoms with Crippen molar-refractivity contribution in [3.05, 3.63) is 52.3 Å². The van der Waals surface area contributed by atoms with Gasteiger partial charge in [0.15, 0.2) is 0 Å². The van der Waals surface area contributed by atoms with Crippen molar-refractivity contribution in [3.63, 3.8) is 0 Å². The van der Waals surface area contributed by atoms with Crippen LogP contribution in [0.4, 0.5) is 17.3 Å². The van der Waals surface area contributed by atoms with E-state index in [1.54, 1.807) is 6.07 Å². The van der Waals surface area contributed by atoms with Gasteiger partial charge in [0, 0.05) is 32.2 Å². The third kappa shape index (κ3) is 3.89. The molecule has 0 aliphatic carbocycles. The minimum absolute atomic E-state index is 0.00403. The number of nitrogens with one attached hydrogen (secondary N) is 1. The van der Waals surface area contributed by atoms with E-state index >= 15 is 0 Å². The summed E-state index contributed by atoms with van der Waals surface area (Å²) in [4.78, 5) is 35.6. The summed E-state index contributed by atoms with van der Waals surface area (Å²) in [5.74, 6) is 0.0417. The van der Waals surface area contributed by atoms with Crippen LogP contribution in [0, 0.1) is 10.1 Å². The molecule has 1 amide bonds. The van der Waals surface area contributed by atoms with Crippen LogP contribution in [0.5, 0.6) is 0 Å². The summed E-state index contributed by atoms with van der Waals surface area (Å²) < 4.78 is 0. The van der Waals surface area contributed by atoms with Gasteiger partial charge in [-0.3, -0.25) is 14.9 Å². The van der Waals surface area contributed by atoms with Crippen molar-refractivity contribution in [2.75, 3.05) is 43.4 Å². The Bertz CT molecular complexity index is 772. The number of benzene rings is 1. The molecular formula is C16H18N6O3.